The first kappa shape index (κ1) is 25.6. The molecule has 0 N–H and O–H groups in total. The zero-order valence-electron chi connectivity index (χ0n) is 21.4. The van der Waals surface area contributed by atoms with Crippen LogP contribution in [-0.4, -0.2) is 44.4 Å². The van der Waals surface area contributed by atoms with Gasteiger partial charge in [0.2, 0.25) is 0 Å². The van der Waals surface area contributed by atoms with Crippen LogP contribution >= 0.6 is 11.6 Å². The van der Waals surface area contributed by atoms with E-state index in [0.29, 0.717) is 41.6 Å². The number of carbonyl (C=O) groups is 1. The number of rotatable bonds is 3. The summed E-state index contributed by atoms with van der Waals surface area (Å²) in [5.41, 5.74) is 1.50. The van der Waals surface area contributed by atoms with E-state index in [1.54, 1.807) is 44.4 Å². The van der Waals surface area contributed by atoms with E-state index in [9.17, 15) is 18.0 Å². The summed E-state index contributed by atoms with van der Waals surface area (Å²) in [6.07, 6.45) is -4.35. The Bertz CT molecular complexity index is 1460. The van der Waals surface area contributed by atoms with Gasteiger partial charge in [-0.15, -0.1) is 0 Å². The number of methoxy groups -OCH3 is 1. The molecule has 202 valence electrons. The molecule has 3 heterocycles. The van der Waals surface area contributed by atoms with Gasteiger partial charge in [-0.05, 0) is 85.6 Å². The normalized spacial score (nSPS) is 22.6. The predicted octanol–water partition coefficient (Wildman–Crippen LogP) is 6.03. The maximum Gasteiger partial charge on any atom is 0.416 e. The van der Waals surface area contributed by atoms with Crippen molar-refractivity contribution < 1.29 is 22.7 Å². The molecule has 1 fully saturated rings. The average molecular weight is 555 g/mol. The summed E-state index contributed by atoms with van der Waals surface area (Å²) < 4.78 is 46.3. The number of anilines is 3. The van der Waals surface area contributed by atoms with E-state index >= 15 is 0 Å². The molecular formula is C29H26ClF3N4O2. The summed E-state index contributed by atoms with van der Waals surface area (Å²) >= 11 is 6.07. The highest BCUT2D eigenvalue weighted by Crippen LogP contribution is 2.49. The summed E-state index contributed by atoms with van der Waals surface area (Å²) in [4.78, 5) is 18.7. The van der Waals surface area contributed by atoms with Crippen molar-refractivity contribution >= 4 is 40.3 Å². The minimum absolute atomic E-state index is 0.127. The number of hydrogen-bond acceptors (Lipinski definition) is 5. The Hall–Kier alpha value is -3.72. The van der Waals surface area contributed by atoms with Crippen molar-refractivity contribution in [2.75, 3.05) is 41.6 Å². The molecule has 2 atom stereocenters. The van der Waals surface area contributed by atoms with Crippen molar-refractivity contribution in [1.29, 1.82) is 0 Å². The molecule has 1 spiro atoms. The molecule has 3 aromatic rings. The Balaban J connectivity index is 1.45. The maximum atomic E-state index is 14.3. The minimum Gasteiger partial charge on any atom is -0.497 e. The lowest BCUT2D eigenvalue weighted by molar-refractivity contribution is -0.137. The molecule has 6 rings (SSSR count). The zero-order chi connectivity index (χ0) is 27.5. The third-order valence-electron chi connectivity index (χ3n) is 8.11. The van der Waals surface area contributed by atoms with Crippen molar-refractivity contribution in [3.63, 3.8) is 0 Å². The fourth-order valence-corrected chi connectivity index (χ4v) is 6.22. The number of halogens is 4. The molecule has 6 nitrogen and oxygen atoms in total. The minimum atomic E-state index is -4.48. The number of piperazine rings is 1. The van der Waals surface area contributed by atoms with E-state index in [1.165, 1.54) is 11.1 Å². The van der Waals surface area contributed by atoms with Crippen LogP contribution in [0.25, 0.3) is 0 Å². The molecular weight excluding hydrogens is 529 g/mol. The van der Waals surface area contributed by atoms with Gasteiger partial charge < -0.3 is 14.5 Å². The second-order valence-electron chi connectivity index (χ2n) is 10.1. The molecule has 3 aliphatic rings. The molecule has 0 saturated carbocycles. The van der Waals surface area contributed by atoms with Crippen LogP contribution in [0.15, 0.2) is 71.8 Å². The lowest BCUT2D eigenvalue weighted by Crippen LogP contribution is -2.67. The molecule has 3 aliphatic heterocycles. The molecule has 0 radical (unpaired) electrons. The van der Waals surface area contributed by atoms with Gasteiger partial charge in [-0.3, -0.25) is 4.79 Å². The Kier molecular flexibility index (Phi) is 6.02. The number of carbonyl (C=O) groups excluding carboxylic acids is 1. The molecule has 39 heavy (non-hydrogen) atoms. The van der Waals surface area contributed by atoms with E-state index in [1.807, 2.05) is 24.3 Å². The molecule has 10 heteroatoms. The standard InChI is InChI=1S/C29H26ClF3N4O2/c1-18-28(27(38)37(34-18)23-6-4-21(30)5-7-23)16-19-15-20(29(31,32)33)3-12-25(19)36-14-13-35(17-26(28)36)22-8-10-24(39-2)11-9-22/h3-12,15,26H,13-14,16-17H2,1-2H3/t26-,28-/m0/s1. The number of nitrogens with zero attached hydrogens (tertiary/aromatic N) is 4. The van der Waals surface area contributed by atoms with Gasteiger partial charge in [0.15, 0.2) is 0 Å². The zero-order valence-corrected chi connectivity index (χ0v) is 22.1. The first-order valence-corrected chi connectivity index (χ1v) is 13.0. The van der Waals surface area contributed by atoms with E-state index in [2.05, 4.69) is 14.9 Å². The third kappa shape index (κ3) is 4.11. The molecule has 3 aromatic carbocycles. The van der Waals surface area contributed by atoms with Crippen molar-refractivity contribution in [1.82, 2.24) is 0 Å². The van der Waals surface area contributed by atoms with Crippen molar-refractivity contribution in [2.45, 2.75) is 25.6 Å². The van der Waals surface area contributed by atoms with Gasteiger partial charge in [-0.2, -0.15) is 23.3 Å². The first-order chi connectivity index (χ1) is 18.6. The van der Waals surface area contributed by atoms with Crippen LogP contribution < -0.4 is 19.5 Å². The number of ether oxygens (including phenoxy) is 1. The van der Waals surface area contributed by atoms with Crippen LogP contribution in [0.3, 0.4) is 0 Å². The summed E-state index contributed by atoms with van der Waals surface area (Å²) in [5.74, 6) is 0.491. The smallest absolute Gasteiger partial charge is 0.416 e. The lowest BCUT2D eigenvalue weighted by atomic mass is 9.67. The maximum absolute atomic E-state index is 14.3. The monoisotopic (exact) mass is 554 g/mol. The molecule has 0 bridgehead atoms. The Labute approximate surface area is 229 Å². The quantitative estimate of drug-likeness (QED) is 0.397. The summed E-state index contributed by atoms with van der Waals surface area (Å²) in [7, 11) is 1.61. The van der Waals surface area contributed by atoms with Crippen molar-refractivity contribution in [3.05, 3.63) is 82.9 Å². The number of fused-ring (bicyclic) bond motifs is 4. The second kappa shape index (κ2) is 9.19. The summed E-state index contributed by atoms with van der Waals surface area (Å²) in [6.45, 7) is 3.49. The molecule has 0 aromatic heterocycles. The highest BCUT2D eigenvalue weighted by atomic mass is 35.5. The van der Waals surface area contributed by atoms with E-state index in [-0.39, 0.29) is 18.4 Å². The Morgan fingerprint density at radius 3 is 2.36 bits per heavy atom. The first-order valence-electron chi connectivity index (χ1n) is 12.6. The number of amides is 1. The number of alkyl halides is 3. The van der Waals surface area contributed by atoms with E-state index in [0.717, 1.165) is 23.2 Å². The second-order valence-corrected chi connectivity index (χ2v) is 10.6. The lowest BCUT2D eigenvalue weighted by Gasteiger charge is -2.53. The van der Waals surface area contributed by atoms with E-state index in [4.69, 9.17) is 16.3 Å². The highest BCUT2D eigenvalue weighted by Gasteiger charge is 2.60. The van der Waals surface area contributed by atoms with Crippen LogP contribution in [0.4, 0.5) is 30.2 Å². The SMILES string of the molecule is COc1ccc(N2CCN3c4ccc(C(F)(F)F)cc4C[C@@]4(C(=O)N(c5ccc(Cl)cc5)N=C4C)[C@@H]3C2)cc1. The Morgan fingerprint density at radius 2 is 1.69 bits per heavy atom. The van der Waals surface area contributed by atoms with Crippen LogP contribution in [0.1, 0.15) is 18.1 Å². The van der Waals surface area contributed by atoms with Crippen molar-refractivity contribution in [2.24, 2.45) is 10.5 Å². The molecule has 0 unspecified atom stereocenters. The van der Waals surface area contributed by atoms with Crippen LogP contribution in [-0.2, 0) is 17.4 Å². The number of benzene rings is 3. The average Bonchev–Trinajstić information content (AvgIpc) is 3.18. The van der Waals surface area contributed by atoms with Gasteiger partial charge in [0, 0.05) is 36.0 Å². The van der Waals surface area contributed by atoms with Gasteiger partial charge in [0.25, 0.3) is 5.91 Å². The van der Waals surface area contributed by atoms with Gasteiger partial charge in [0.1, 0.15) is 11.2 Å². The van der Waals surface area contributed by atoms with Crippen LogP contribution in [0.5, 0.6) is 5.75 Å². The van der Waals surface area contributed by atoms with Gasteiger partial charge in [0.05, 0.1) is 30.1 Å². The van der Waals surface area contributed by atoms with Gasteiger partial charge >= 0.3 is 6.18 Å². The fraction of sp³-hybridized carbons (Fsp3) is 0.310. The van der Waals surface area contributed by atoms with Crippen LogP contribution in [0, 0.1) is 5.41 Å². The summed E-state index contributed by atoms with van der Waals surface area (Å²) in [6, 6.07) is 18.1. The molecule has 1 amide bonds. The largest absolute Gasteiger partial charge is 0.497 e. The summed E-state index contributed by atoms with van der Waals surface area (Å²) in [5, 5.41) is 6.57. The van der Waals surface area contributed by atoms with Gasteiger partial charge in [-0.25, -0.2) is 0 Å². The third-order valence-corrected chi connectivity index (χ3v) is 8.37. The van der Waals surface area contributed by atoms with Crippen LogP contribution in [0.2, 0.25) is 5.02 Å². The topological polar surface area (TPSA) is 48.4 Å². The van der Waals surface area contributed by atoms with Gasteiger partial charge in [-0.1, -0.05) is 11.6 Å². The predicted molar refractivity (Wildman–Crippen MR) is 146 cm³/mol. The Morgan fingerprint density at radius 1 is 1.00 bits per heavy atom. The number of hydrazone groups is 1. The van der Waals surface area contributed by atoms with Crippen molar-refractivity contribution in [3.8, 4) is 5.75 Å². The molecule has 1 saturated heterocycles. The number of hydrogen-bond donors (Lipinski definition) is 0. The highest BCUT2D eigenvalue weighted by molar-refractivity contribution is 6.30. The van der Waals surface area contributed by atoms with E-state index < -0.39 is 17.2 Å². The molecule has 0 aliphatic carbocycles. The fourth-order valence-electron chi connectivity index (χ4n) is 6.10.